The van der Waals surface area contributed by atoms with E-state index in [9.17, 15) is 4.79 Å². The van der Waals surface area contributed by atoms with Crippen LogP contribution in [0.3, 0.4) is 0 Å². The minimum absolute atomic E-state index is 0.103. The summed E-state index contributed by atoms with van der Waals surface area (Å²) in [5, 5.41) is 11.9. The third-order valence-corrected chi connectivity index (χ3v) is 3.25. The van der Waals surface area contributed by atoms with E-state index in [0.29, 0.717) is 17.9 Å². The first-order valence-electron chi connectivity index (χ1n) is 6.64. The molecule has 0 saturated carbocycles. The van der Waals surface area contributed by atoms with Crippen molar-refractivity contribution in [2.45, 2.75) is 25.3 Å². The van der Waals surface area contributed by atoms with Gasteiger partial charge in [-0.1, -0.05) is 12.1 Å². The van der Waals surface area contributed by atoms with Crippen molar-refractivity contribution < 1.29 is 14.3 Å². The summed E-state index contributed by atoms with van der Waals surface area (Å²) in [6, 6.07) is 8.89. The summed E-state index contributed by atoms with van der Waals surface area (Å²) < 4.78 is 10.8. The van der Waals surface area contributed by atoms with Gasteiger partial charge in [-0.2, -0.15) is 5.26 Å². The molecule has 1 unspecified atom stereocenters. The van der Waals surface area contributed by atoms with Gasteiger partial charge in [-0.05, 0) is 31.9 Å². The number of para-hydroxylation sites is 1. The lowest BCUT2D eigenvalue weighted by Crippen LogP contribution is -2.52. The highest BCUT2D eigenvalue weighted by molar-refractivity contribution is 5.78. The number of carbonyl (C=O) groups is 1. The van der Waals surface area contributed by atoms with Crippen LogP contribution in [0, 0.1) is 11.3 Å². The van der Waals surface area contributed by atoms with Gasteiger partial charge < -0.3 is 14.8 Å². The summed E-state index contributed by atoms with van der Waals surface area (Å²) in [6.45, 7) is 3.13. The molecule has 1 atom stereocenters. The molecule has 1 saturated heterocycles. The zero-order valence-electron chi connectivity index (χ0n) is 11.5. The van der Waals surface area contributed by atoms with E-state index in [2.05, 4.69) is 5.32 Å². The SMILES string of the molecule is CC1(NC(=O)COc2ccccc2C#N)CCCOC1. The molecule has 1 aromatic carbocycles. The fourth-order valence-electron chi connectivity index (χ4n) is 2.23. The predicted molar refractivity (Wildman–Crippen MR) is 73.3 cm³/mol. The molecule has 1 aromatic rings. The van der Waals surface area contributed by atoms with Crippen LogP contribution < -0.4 is 10.1 Å². The standard InChI is InChI=1S/C15H18N2O3/c1-15(7-4-8-19-11-15)17-14(18)10-20-13-6-3-2-5-12(13)9-16/h2-3,5-6H,4,7-8,10-11H2,1H3,(H,17,18). The molecule has 1 fully saturated rings. The van der Waals surface area contributed by atoms with E-state index in [4.69, 9.17) is 14.7 Å². The quantitative estimate of drug-likeness (QED) is 0.905. The molecule has 5 heteroatoms. The van der Waals surface area contributed by atoms with Crippen LogP contribution in [-0.4, -0.2) is 31.3 Å². The second-order valence-electron chi connectivity index (χ2n) is 5.16. The van der Waals surface area contributed by atoms with E-state index < -0.39 is 0 Å². The summed E-state index contributed by atoms with van der Waals surface area (Å²) in [5.74, 6) is 0.223. The Bertz CT molecular complexity index is 516. The number of amides is 1. The second kappa shape index (κ2) is 6.40. The number of hydrogen-bond acceptors (Lipinski definition) is 4. The Morgan fingerprint density at radius 1 is 1.55 bits per heavy atom. The average Bonchev–Trinajstić information content (AvgIpc) is 2.45. The zero-order chi connectivity index (χ0) is 14.4. The smallest absolute Gasteiger partial charge is 0.258 e. The first kappa shape index (κ1) is 14.4. The molecule has 0 aromatic heterocycles. The van der Waals surface area contributed by atoms with Crippen LogP contribution in [-0.2, 0) is 9.53 Å². The molecular weight excluding hydrogens is 256 g/mol. The van der Waals surface area contributed by atoms with Crippen molar-refractivity contribution in [1.82, 2.24) is 5.32 Å². The molecule has 1 aliphatic rings. The maximum atomic E-state index is 11.9. The number of nitrogens with zero attached hydrogens (tertiary/aromatic N) is 1. The molecule has 0 spiro atoms. The predicted octanol–water partition coefficient (Wildman–Crippen LogP) is 1.62. The van der Waals surface area contributed by atoms with Gasteiger partial charge in [0.2, 0.25) is 0 Å². The van der Waals surface area contributed by atoms with E-state index in [1.54, 1.807) is 24.3 Å². The van der Waals surface area contributed by atoms with Crippen molar-refractivity contribution in [1.29, 1.82) is 5.26 Å². The number of benzene rings is 1. The summed E-state index contributed by atoms with van der Waals surface area (Å²) in [5.41, 5.74) is 0.0977. The number of carbonyl (C=O) groups excluding carboxylic acids is 1. The third kappa shape index (κ3) is 3.72. The lowest BCUT2D eigenvalue weighted by molar-refractivity contribution is -0.126. The van der Waals surface area contributed by atoms with Gasteiger partial charge in [0.25, 0.3) is 5.91 Å². The van der Waals surface area contributed by atoms with Gasteiger partial charge in [0, 0.05) is 6.61 Å². The van der Waals surface area contributed by atoms with Gasteiger partial charge >= 0.3 is 0 Å². The molecule has 2 rings (SSSR count). The van der Waals surface area contributed by atoms with Crippen molar-refractivity contribution in [3.8, 4) is 11.8 Å². The Morgan fingerprint density at radius 2 is 2.35 bits per heavy atom. The lowest BCUT2D eigenvalue weighted by atomic mass is 9.95. The molecule has 5 nitrogen and oxygen atoms in total. The van der Waals surface area contributed by atoms with E-state index >= 15 is 0 Å². The highest BCUT2D eigenvalue weighted by atomic mass is 16.5. The molecule has 20 heavy (non-hydrogen) atoms. The van der Waals surface area contributed by atoms with Gasteiger partial charge in [0.15, 0.2) is 6.61 Å². The first-order valence-corrected chi connectivity index (χ1v) is 6.64. The van der Waals surface area contributed by atoms with Gasteiger partial charge in [0.1, 0.15) is 11.8 Å². The Balaban J connectivity index is 1.87. The van der Waals surface area contributed by atoms with Crippen LogP contribution in [0.25, 0.3) is 0 Å². The summed E-state index contributed by atoms with van der Waals surface area (Å²) in [6.07, 6.45) is 1.84. The van der Waals surface area contributed by atoms with Crippen molar-refractivity contribution in [2.24, 2.45) is 0 Å². The normalized spacial score (nSPS) is 21.8. The van der Waals surface area contributed by atoms with E-state index in [1.165, 1.54) is 0 Å². The molecule has 1 heterocycles. The molecule has 0 radical (unpaired) electrons. The Labute approximate surface area is 118 Å². The Kier molecular flexibility index (Phi) is 4.59. The van der Waals surface area contributed by atoms with Gasteiger partial charge in [0.05, 0.1) is 17.7 Å². The lowest BCUT2D eigenvalue weighted by Gasteiger charge is -2.34. The summed E-state index contributed by atoms with van der Waals surface area (Å²) >= 11 is 0. The minimum Gasteiger partial charge on any atom is -0.482 e. The van der Waals surface area contributed by atoms with E-state index in [1.807, 2.05) is 13.0 Å². The van der Waals surface area contributed by atoms with E-state index in [-0.39, 0.29) is 18.1 Å². The fraction of sp³-hybridized carbons (Fsp3) is 0.467. The second-order valence-corrected chi connectivity index (χ2v) is 5.16. The highest BCUT2D eigenvalue weighted by Crippen LogP contribution is 2.19. The Hall–Kier alpha value is -2.06. The third-order valence-electron chi connectivity index (χ3n) is 3.25. The monoisotopic (exact) mass is 274 g/mol. The molecule has 106 valence electrons. The number of nitrogens with one attached hydrogen (secondary N) is 1. The van der Waals surface area contributed by atoms with E-state index in [0.717, 1.165) is 19.4 Å². The maximum absolute atomic E-state index is 11.9. The molecule has 0 bridgehead atoms. The number of ether oxygens (including phenoxy) is 2. The highest BCUT2D eigenvalue weighted by Gasteiger charge is 2.29. The van der Waals surface area contributed by atoms with Gasteiger partial charge in [-0.3, -0.25) is 4.79 Å². The first-order chi connectivity index (χ1) is 9.63. The Morgan fingerprint density at radius 3 is 3.05 bits per heavy atom. The summed E-state index contributed by atoms with van der Waals surface area (Å²) in [7, 11) is 0. The average molecular weight is 274 g/mol. The van der Waals surface area contributed by atoms with Crippen LogP contribution in [0.1, 0.15) is 25.3 Å². The fourth-order valence-corrected chi connectivity index (χ4v) is 2.23. The van der Waals surface area contributed by atoms with Crippen molar-refractivity contribution in [3.05, 3.63) is 29.8 Å². The zero-order valence-corrected chi connectivity index (χ0v) is 11.5. The molecule has 1 N–H and O–H groups in total. The van der Waals surface area contributed by atoms with Crippen molar-refractivity contribution in [2.75, 3.05) is 19.8 Å². The minimum atomic E-state index is -0.326. The topological polar surface area (TPSA) is 71.3 Å². The van der Waals surface area contributed by atoms with Crippen molar-refractivity contribution >= 4 is 5.91 Å². The number of rotatable bonds is 4. The number of hydrogen-bond donors (Lipinski definition) is 1. The van der Waals surface area contributed by atoms with Gasteiger partial charge in [-0.15, -0.1) is 0 Å². The van der Waals surface area contributed by atoms with Gasteiger partial charge in [-0.25, -0.2) is 0 Å². The number of nitriles is 1. The molecule has 1 aliphatic heterocycles. The van der Waals surface area contributed by atoms with Crippen LogP contribution in [0.5, 0.6) is 5.75 Å². The van der Waals surface area contributed by atoms with Crippen LogP contribution in [0.2, 0.25) is 0 Å². The van der Waals surface area contributed by atoms with Crippen LogP contribution in [0.15, 0.2) is 24.3 Å². The van der Waals surface area contributed by atoms with Crippen molar-refractivity contribution in [3.63, 3.8) is 0 Å². The van der Waals surface area contributed by atoms with Crippen LogP contribution in [0.4, 0.5) is 0 Å². The molecule has 0 aliphatic carbocycles. The largest absolute Gasteiger partial charge is 0.482 e. The van der Waals surface area contributed by atoms with Crippen LogP contribution >= 0.6 is 0 Å². The molecular formula is C15H18N2O3. The maximum Gasteiger partial charge on any atom is 0.258 e. The molecule has 1 amide bonds. The summed E-state index contributed by atoms with van der Waals surface area (Å²) in [4.78, 5) is 11.9.